The molecule has 0 atom stereocenters. The zero-order valence-corrected chi connectivity index (χ0v) is 19.3. The van der Waals surface area contributed by atoms with E-state index in [1.165, 1.54) is 0 Å². The van der Waals surface area contributed by atoms with Crippen molar-refractivity contribution in [3.05, 3.63) is 0 Å². The molecule has 0 saturated heterocycles. The quantitative estimate of drug-likeness (QED) is 0.182. The normalized spacial score (nSPS) is 11.8. The van der Waals surface area contributed by atoms with E-state index in [1.54, 1.807) is 0 Å². The number of ether oxygens (including phenoxy) is 4. The number of nitrogens with zero attached hydrogens (tertiary/aromatic N) is 2. The van der Waals surface area contributed by atoms with Crippen LogP contribution in [0, 0.1) is 0 Å². The molecule has 0 aliphatic heterocycles. The van der Waals surface area contributed by atoms with Crippen LogP contribution in [-0.2, 0) is 18.9 Å². The molecule has 0 saturated carbocycles. The van der Waals surface area contributed by atoms with Crippen molar-refractivity contribution in [1.82, 2.24) is 9.80 Å². The summed E-state index contributed by atoms with van der Waals surface area (Å²) in [4.78, 5) is 4.47. The van der Waals surface area contributed by atoms with Gasteiger partial charge in [-0.3, -0.25) is 9.80 Å². The molecule has 0 heterocycles. The minimum atomic E-state index is 0.618. The van der Waals surface area contributed by atoms with Crippen molar-refractivity contribution in [2.75, 3.05) is 66.4 Å². The average Bonchev–Trinajstić information content (AvgIpc) is 2.71. The lowest BCUT2D eigenvalue weighted by molar-refractivity contribution is -0.0729. The van der Waals surface area contributed by atoms with Crippen LogP contribution < -0.4 is 0 Å². The van der Waals surface area contributed by atoms with Crippen LogP contribution in [0.2, 0.25) is 0 Å². The van der Waals surface area contributed by atoms with Crippen molar-refractivity contribution < 1.29 is 18.9 Å². The van der Waals surface area contributed by atoms with E-state index >= 15 is 0 Å². The van der Waals surface area contributed by atoms with Gasteiger partial charge in [0, 0.05) is 39.5 Å². The summed E-state index contributed by atoms with van der Waals surface area (Å²) in [5, 5.41) is 0. The fraction of sp³-hybridized carbons (Fsp3) is 1.00. The third kappa shape index (κ3) is 19.1. The minimum Gasteiger partial charge on any atom is -0.366 e. The van der Waals surface area contributed by atoms with Gasteiger partial charge in [0.25, 0.3) is 0 Å². The van der Waals surface area contributed by atoms with Crippen LogP contribution in [0.1, 0.15) is 79.1 Å². The topological polar surface area (TPSA) is 43.4 Å². The lowest BCUT2D eigenvalue weighted by Gasteiger charge is -2.27. The van der Waals surface area contributed by atoms with Gasteiger partial charge in [-0.15, -0.1) is 0 Å². The Morgan fingerprint density at radius 1 is 0.429 bits per heavy atom. The number of hydrogen-bond donors (Lipinski definition) is 0. The summed E-state index contributed by atoms with van der Waals surface area (Å²) >= 11 is 0. The van der Waals surface area contributed by atoms with Crippen molar-refractivity contribution >= 4 is 0 Å². The van der Waals surface area contributed by atoms with E-state index in [0.717, 1.165) is 90.9 Å². The zero-order chi connectivity index (χ0) is 20.7. The highest BCUT2D eigenvalue weighted by atomic mass is 16.5. The Morgan fingerprint density at radius 2 is 0.679 bits per heavy atom. The van der Waals surface area contributed by atoms with E-state index in [4.69, 9.17) is 18.9 Å². The van der Waals surface area contributed by atoms with Gasteiger partial charge in [0.1, 0.15) is 26.9 Å². The molecule has 0 fully saturated rings. The standard InChI is InChI=1S/C22H48N2O4/c1-5-9-15-25-19-23(20-26-16-10-6-2)13-14-24(21-27-17-11-7-3)22-28-18-12-8-4/h5-22H2,1-4H3. The van der Waals surface area contributed by atoms with Crippen LogP contribution in [0.3, 0.4) is 0 Å². The Balaban J connectivity index is 4.33. The second kappa shape index (κ2) is 23.0. The van der Waals surface area contributed by atoms with Gasteiger partial charge in [0.2, 0.25) is 0 Å². The van der Waals surface area contributed by atoms with E-state index in [1.807, 2.05) is 0 Å². The van der Waals surface area contributed by atoms with Crippen LogP contribution in [-0.4, -0.2) is 76.2 Å². The molecule has 0 N–H and O–H groups in total. The maximum Gasteiger partial charge on any atom is 0.101 e. The third-order valence-electron chi connectivity index (χ3n) is 4.40. The van der Waals surface area contributed by atoms with E-state index < -0.39 is 0 Å². The first-order valence-corrected chi connectivity index (χ1v) is 11.5. The van der Waals surface area contributed by atoms with Crippen LogP contribution in [0.5, 0.6) is 0 Å². The smallest absolute Gasteiger partial charge is 0.101 e. The first kappa shape index (κ1) is 27.8. The van der Waals surface area contributed by atoms with Gasteiger partial charge in [-0.1, -0.05) is 53.4 Å². The molecule has 6 heteroatoms. The molecule has 0 aliphatic carbocycles. The van der Waals surface area contributed by atoms with Crippen LogP contribution in [0.4, 0.5) is 0 Å². The zero-order valence-electron chi connectivity index (χ0n) is 19.3. The van der Waals surface area contributed by atoms with Crippen molar-refractivity contribution in [1.29, 1.82) is 0 Å². The number of hydrogen-bond acceptors (Lipinski definition) is 6. The van der Waals surface area contributed by atoms with E-state index in [9.17, 15) is 0 Å². The van der Waals surface area contributed by atoms with E-state index in [0.29, 0.717) is 26.9 Å². The lowest BCUT2D eigenvalue weighted by atomic mass is 10.4. The largest absolute Gasteiger partial charge is 0.366 e. The second-order valence-electron chi connectivity index (χ2n) is 7.35. The Kier molecular flexibility index (Phi) is 22.8. The van der Waals surface area contributed by atoms with Gasteiger partial charge in [-0.25, -0.2) is 0 Å². The molecule has 0 aromatic rings. The SMILES string of the molecule is CCCCOCN(CCN(COCCCC)COCCCC)COCCCC. The predicted octanol–water partition coefficient (Wildman–Crippen LogP) is 4.69. The lowest BCUT2D eigenvalue weighted by Crippen LogP contribution is -2.39. The van der Waals surface area contributed by atoms with Gasteiger partial charge in [0.05, 0.1) is 0 Å². The second-order valence-corrected chi connectivity index (χ2v) is 7.35. The Hall–Kier alpha value is -0.240. The first-order valence-electron chi connectivity index (χ1n) is 11.5. The molecule has 0 radical (unpaired) electrons. The van der Waals surface area contributed by atoms with Crippen molar-refractivity contribution in [2.45, 2.75) is 79.1 Å². The molecular weight excluding hydrogens is 356 g/mol. The molecule has 0 bridgehead atoms. The predicted molar refractivity (Wildman–Crippen MR) is 116 cm³/mol. The van der Waals surface area contributed by atoms with Gasteiger partial charge in [-0.05, 0) is 25.7 Å². The third-order valence-corrected chi connectivity index (χ3v) is 4.40. The molecule has 0 aromatic heterocycles. The number of rotatable bonds is 23. The fourth-order valence-electron chi connectivity index (χ4n) is 2.38. The highest BCUT2D eigenvalue weighted by molar-refractivity contribution is 4.55. The van der Waals surface area contributed by atoms with Crippen LogP contribution in [0.25, 0.3) is 0 Å². The summed E-state index contributed by atoms with van der Waals surface area (Å²) in [5.74, 6) is 0. The van der Waals surface area contributed by atoms with E-state index in [2.05, 4.69) is 37.5 Å². The molecule has 0 aromatic carbocycles. The van der Waals surface area contributed by atoms with Crippen molar-refractivity contribution in [2.24, 2.45) is 0 Å². The maximum atomic E-state index is 5.82. The number of unbranched alkanes of at least 4 members (excludes halogenated alkanes) is 4. The molecular formula is C22H48N2O4. The molecule has 6 nitrogen and oxygen atoms in total. The molecule has 0 spiro atoms. The Labute approximate surface area is 174 Å². The van der Waals surface area contributed by atoms with Gasteiger partial charge < -0.3 is 18.9 Å². The Morgan fingerprint density at radius 3 is 0.893 bits per heavy atom. The molecule has 28 heavy (non-hydrogen) atoms. The maximum absolute atomic E-state index is 5.82. The molecule has 0 rings (SSSR count). The average molecular weight is 405 g/mol. The van der Waals surface area contributed by atoms with Crippen molar-refractivity contribution in [3.8, 4) is 0 Å². The summed E-state index contributed by atoms with van der Waals surface area (Å²) < 4.78 is 23.3. The van der Waals surface area contributed by atoms with Gasteiger partial charge >= 0.3 is 0 Å². The minimum absolute atomic E-state index is 0.618. The van der Waals surface area contributed by atoms with E-state index in [-0.39, 0.29) is 0 Å². The fourth-order valence-corrected chi connectivity index (χ4v) is 2.38. The molecule has 0 amide bonds. The molecule has 170 valence electrons. The molecule has 0 unspecified atom stereocenters. The monoisotopic (exact) mass is 404 g/mol. The highest BCUT2D eigenvalue weighted by Gasteiger charge is 2.10. The Bertz CT molecular complexity index is 244. The molecule has 0 aliphatic rings. The van der Waals surface area contributed by atoms with Gasteiger partial charge in [0.15, 0.2) is 0 Å². The summed E-state index contributed by atoms with van der Waals surface area (Å²) in [6, 6.07) is 0. The van der Waals surface area contributed by atoms with Gasteiger partial charge in [-0.2, -0.15) is 0 Å². The summed E-state index contributed by atoms with van der Waals surface area (Å²) in [7, 11) is 0. The summed E-state index contributed by atoms with van der Waals surface area (Å²) in [5.41, 5.74) is 0. The van der Waals surface area contributed by atoms with Crippen LogP contribution in [0.15, 0.2) is 0 Å². The highest BCUT2D eigenvalue weighted by Crippen LogP contribution is 2.00. The van der Waals surface area contributed by atoms with Crippen molar-refractivity contribution in [3.63, 3.8) is 0 Å². The first-order chi connectivity index (χ1) is 13.8. The van der Waals surface area contributed by atoms with Crippen LogP contribution >= 0.6 is 0 Å². The summed E-state index contributed by atoms with van der Waals surface area (Å²) in [6.07, 6.45) is 9.05. The summed E-state index contributed by atoms with van der Waals surface area (Å²) in [6.45, 7) is 16.2.